The minimum absolute atomic E-state index is 0.00609. The van der Waals surface area contributed by atoms with Crippen LogP contribution in [0, 0.1) is 11.7 Å². The number of hydrogen-bond donors (Lipinski definition) is 2. The summed E-state index contributed by atoms with van der Waals surface area (Å²) in [6, 6.07) is 19.1. The number of likely N-dealkylation sites (N-methyl/N-ethyl adjacent to an activating group) is 1. The summed E-state index contributed by atoms with van der Waals surface area (Å²) in [5.41, 5.74) is 2.05. The summed E-state index contributed by atoms with van der Waals surface area (Å²) in [6.45, 7) is 3.37. The molecular formula is C30H34FN3O5S. The minimum Gasteiger partial charge on any atom is -0.487 e. The van der Waals surface area contributed by atoms with Crippen LogP contribution in [-0.2, 0) is 10.0 Å². The molecule has 10 heteroatoms. The van der Waals surface area contributed by atoms with E-state index < -0.39 is 34.0 Å². The van der Waals surface area contributed by atoms with Crippen LogP contribution in [0.25, 0.3) is 12.2 Å². The fraction of sp³-hybridized carbons (Fsp3) is 0.300. The van der Waals surface area contributed by atoms with Crippen LogP contribution in [0.1, 0.15) is 25.0 Å². The highest BCUT2D eigenvalue weighted by Gasteiger charge is 2.38. The largest absolute Gasteiger partial charge is 0.487 e. The average Bonchev–Trinajstić information content (AvgIpc) is 2.93. The Bertz CT molecular complexity index is 1470. The lowest BCUT2D eigenvalue weighted by atomic mass is 10.0. The van der Waals surface area contributed by atoms with Crippen LogP contribution in [0.4, 0.5) is 14.9 Å². The predicted octanol–water partition coefficient (Wildman–Crippen LogP) is 4.93. The summed E-state index contributed by atoms with van der Waals surface area (Å²) < 4.78 is 48.6. The number of aliphatic hydroxyl groups is 1. The fourth-order valence-corrected chi connectivity index (χ4v) is 6.28. The summed E-state index contributed by atoms with van der Waals surface area (Å²) in [7, 11) is -2.40. The van der Waals surface area contributed by atoms with Gasteiger partial charge in [-0.1, -0.05) is 61.5 Å². The number of halogens is 1. The fourth-order valence-electron chi connectivity index (χ4n) is 4.46. The third-order valence-electron chi connectivity index (χ3n) is 6.84. The van der Waals surface area contributed by atoms with E-state index in [1.807, 2.05) is 49.4 Å². The number of nitrogens with one attached hydrogen (secondary N) is 1. The SMILES string of the molecule is C[C@H]1CN([C@@H](C)CO)S(=O)(=O)c2ccc(/C=C/c3ccccc3)cc2O[C@H]1CN(C)C(=O)Nc1cccc(F)c1. The van der Waals surface area contributed by atoms with Crippen LogP contribution in [0.5, 0.6) is 5.75 Å². The molecule has 3 aromatic carbocycles. The van der Waals surface area contributed by atoms with E-state index in [1.165, 1.54) is 33.5 Å². The van der Waals surface area contributed by atoms with E-state index in [0.29, 0.717) is 5.69 Å². The second-order valence-electron chi connectivity index (χ2n) is 10.0. The number of aliphatic hydroxyl groups excluding tert-OH is 1. The van der Waals surface area contributed by atoms with Crippen molar-refractivity contribution in [1.29, 1.82) is 0 Å². The molecule has 0 saturated heterocycles. The Morgan fingerprint density at radius 2 is 1.85 bits per heavy atom. The highest BCUT2D eigenvalue weighted by Crippen LogP contribution is 2.34. The highest BCUT2D eigenvalue weighted by atomic mass is 32.2. The van der Waals surface area contributed by atoms with Crippen molar-refractivity contribution in [2.75, 3.05) is 32.1 Å². The molecule has 2 N–H and O–H groups in total. The van der Waals surface area contributed by atoms with E-state index in [4.69, 9.17) is 4.74 Å². The van der Waals surface area contributed by atoms with Gasteiger partial charge in [0.25, 0.3) is 0 Å². The maximum Gasteiger partial charge on any atom is 0.321 e. The molecule has 1 heterocycles. The summed E-state index contributed by atoms with van der Waals surface area (Å²) in [5, 5.41) is 12.5. The molecule has 0 aromatic heterocycles. The first-order valence-electron chi connectivity index (χ1n) is 13.0. The Morgan fingerprint density at radius 3 is 2.55 bits per heavy atom. The van der Waals surface area contributed by atoms with E-state index in [1.54, 1.807) is 32.2 Å². The van der Waals surface area contributed by atoms with Crippen molar-refractivity contribution in [3.63, 3.8) is 0 Å². The molecule has 0 saturated carbocycles. The van der Waals surface area contributed by atoms with Gasteiger partial charge in [0.15, 0.2) is 0 Å². The van der Waals surface area contributed by atoms with Gasteiger partial charge in [0, 0.05) is 31.2 Å². The van der Waals surface area contributed by atoms with Gasteiger partial charge in [-0.15, -0.1) is 0 Å². The third kappa shape index (κ3) is 6.88. The molecule has 2 amide bonds. The first kappa shape index (κ1) is 29.3. The third-order valence-corrected chi connectivity index (χ3v) is 8.85. The molecule has 0 spiro atoms. The van der Waals surface area contributed by atoms with Crippen molar-refractivity contribution in [3.8, 4) is 5.75 Å². The van der Waals surface area contributed by atoms with Gasteiger partial charge >= 0.3 is 6.03 Å². The average molecular weight is 568 g/mol. The van der Waals surface area contributed by atoms with Crippen LogP contribution in [0.3, 0.4) is 0 Å². The van der Waals surface area contributed by atoms with Crippen molar-refractivity contribution in [1.82, 2.24) is 9.21 Å². The Balaban J connectivity index is 1.65. The van der Waals surface area contributed by atoms with Crippen LogP contribution in [0.15, 0.2) is 77.7 Å². The minimum atomic E-state index is -3.99. The first-order valence-corrected chi connectivity index (χ1v) is 14.5. The van der Waals surface area contributed by atoms with Crippen LogP contribution < -0.4 is 10.1 Å². The van der Waals surface area contributed by atoms with E-state index in [0.717, 1.165) is 11.1 Å². The normalized spacial score (nSPS) is 19.6. The Kier molecular flexibility index (Phi) is 9.24. The Morgan fingerprint density at radius 1 is 1.12 bits per heavy atom. The summed E-state index contributed by atoms with van der Waals surface area (Å²) in [5.74, 6) is -0.642. The van der Waals surface area contributed by atoms with E-state index in [-0.39, 0.29) is 36.3 Å². The number of fused-ring (bicyclic) bond motifs is 1. The summed E-state index contributed by atoms with van der Waals surface area (Å²) >= 11 is 0. The predicted molar refractivity (Wildman–Crippen MR) is 154 cm³/mol. The molecule has 3 aromatic rings. The number of benzene rings is 3. The standard InChI is InChI=1S/C30H34FN3O5S/c1-21-18-34(22(2)20-35)40(37,38)29-15-14-24(13-12-23-8-5-4-6-9-23)16-27(29)39-28(21)19-33(3)30(36)32-26-11-7-10-25(31)17-26/h4-17,21-22,28,35H,18-20H2,1-3H3,(H,32,36)/b13-12+/t21-,22-,28-/m0/s1. The number of amides is 2. The van der Waals surface area contributed by atoms with Gasteiger partial charge in [0.1, 0.15) is 22.6 Å². The van der Waals surface area contributed by atoms with E-state index >= 15 is 0 Å². The molecule has 8 nitrogen and oxygen atoms in total. The lowest BCUT2D eigenvalue weighted by Gasteiger charge is -2.37. The number of carbonyl (C=O) groups is 1. The van der Waals surface area contributed by atoms with E-state index in [2.05, 4.69) is 5.32 Å². The van der Waals surface area contributed by atoms with Gasteiger partial charge in [-0.3, -0.25) is 0 Å². The van der Waals surface area contributed by atoms with Crippen molar-refractivity contribution < 1.29 is 27.4 Å². The van der Waals surface area contributed by atoms with Gasteiger partial charge in [-0.05, 0) is 48.4 Å². The topological polar surface area (TPSA) is 99.2 Å². The van der Waals surface area contributed by atoms with Crippen LogP contribution in [0.2, 0.25) is 0 Å². The van der Waals surface area contributed by atoms with Gasteiger partial charge in [0.05, 0.1) is 13.2 Å². The lowest BCUT2D eigenvalue weighted by Crippen LogP contribution is -2.50. The Hall–Kier alpha value is -3.73. The zero-order valence-corrected chi connectivity index (χ0v) is 23.5. The number of nitrogens with zero attached hydrogens (tertiary/aromatic N) is 2. The van der Waals surface area contributed by atoms with Gasteiger partial charge in [0.2, 0.25) is 10.0 Å². The van der Waals surface area contributed by atoms with Gasteiger partial charge in [-0.2, -0.15) is 4.31 Å². The van der Waals surface area contributed by atoms with Gasteiger partial charge in [-0.25, -0.2) is 17.6 Å². The monoisotopic (exact) mass is 567 g/mol. The van der Waals surface area contributed by atoms with Crippen LogP contribution >= 0.6 is 0 Å². The first-order chi connectivity index (χ1) is 19.1. The number of rotatable bonds is 7. The molecule has 3 atom stereocenters. The van der Waals surface area contributed by atoms with Crippen molar-refractivity contribution in [2.24, 2.45) is 5.92 Å². The molecule has 4 rings (SSSR count). The second kappa shape index (κ2) is 12.6. The lowest BCUT2D eigenvalue weighted by molar-refractivity contribution is 0.0830. The molecule has 0 aliphatic carbocycles. The number of carbonyl (C=O) groups excluding carboxylic acids is 1. The second-order valence-corrected chi connectivity index (χ2v) is 11.9. The summed E-state index contributed by atoms with van der Waals surface area (Å²) in [6.07, 6.45) is 3.21. The number of ether oxygens (including phenoxy) is 1. The van der Waals surface area contributed by atoms with E-state index in [9.17, 15) is 22.7 Å². The number of anilines is 1. The molecule has 0 unspecified atom stereocenters. The number of urea groups is 1. The summed E-state index contributed by atoms with van der Waals surface area (Å²) in [4.78, 5) is 14.3. The zero-order valence-electron chi connectivity index (χ0n) is 22.7. The highest BCUT2D eigenvalue weighted by molar-refractivity contribution is 7.89. The molecule has 0 bridgehead atoms. The molecule has 0 fully saturated rings. The molecule has 212 valence electrons. The van der Waals surface area contributed by atoms with Gasteiger partial charge < -0.3 is 20.1 Å². The van der Waals surface area contributed by atoms with Crippen molar-refractivity contribution >= 4 is 33.9 Å². The molecule has 40 heavy (non-hydrogen) atoms. The molecule has 1 aliphatic heterocycles. The zero-order chi connectivity index (χ0) is 28.9. The van der Waals surface area contributed by atoms with Crippen molar-refractivity contribution in [2.45, 2.75) is 30.9 Å². The van der Waals surface area contributed by atoms with Crippen molar-refractivity contribution in [3.05, 3.63) is 89.7 Å². The smallest absolute Gasteiger partial charge is 0.321 e. The maximum atomic E-state index is 13.7. The molecular weight excluding hydrogens is 533 g/mol. The number of sulfonamides is 1. The van der Waals surface area contributed by atoms with Crippen LogP contribution in [-0.4, -0.2) is 67.7 Å². The maximum absolute atomic E-state index is 13.7. The molecule has 0 radical (unpaired) electrons. The molecule has 1 aliphatic rings. The Labute approximate surface area is 234 Å². The quantitative estimate of drug-likeness (QED) is 0.395. The number of hydrogen-bond acceptors (Lipinski definition) is 5.